The van der Waals surface area contributed by atoms with Crippen LogP contribution in [0.25, 0.3) is 0 Å². The summed E-state index contributed by atoms with van der Waals surface area (Å²) in [6.45, 7) is 3.79. The van der Waals surface area contributed by atoms with Crippen LogP contribution in [0.3, 0.4) is 0 Å². The third-order valence-corrected chi connectivity index (χ3v) is 2.32. The van der Waals surface area contributed by atoms with Gasteiger partial charge in [-0.05, 0) is 13.0 Å². The van der Waals surface area contributed by atoms with E-state index in [4.69, 9.17) is 0 Å². The van der Waals surface area contributed by atoms with Crippen molar-refractivity contribution in [3.05, 3.63) is 11.6 Å². The third-order valence-electron chi connectivity index (χ3n) is 1.63. The maximum absolute atomic E-state index is 11.3. The lowest BCUT2D eigenvalue weighted by Gasteiger charge is -2.02. The van der Waals surface area contributed by atoms with Gasteiger partial charge in [0, 0.05) is 24.5 Å². The molecule has 0 spiro atoms. The Morgan fingerprint density at radius 1 is 1.57 bits per heavy atom. The fraction of sp³-hybridized carbons (Fsp3) is 0.556. The van der Waals surface area contributed by atoms with Crippen LogP contribution in [0.4, 0.5) is 5.13 Å². The van der Waals surface area contributed by atoms with E-state index in [1.54, 1.807) is 6.20 Å². The minimum atomic E-state index is 0.0172. The minimum Gasteiger partial charge on any atom is -0.316 e. The van der Waals surface area contributed by atoms with Crippen molar-refractivity contribution in [3.8, 4) is 0 Å². The van der Waals surface area contributed by atoms with Crippen LogP contribution < -0.4 is 10.6 Å². The Kier molecular flexibility index (Phi) is 5.17. The summed E-state index contributed by atoms with van der Waals surface area (Å²) in [5, 5.41) is 8.41. The molecule has 0 bridgehead atoms. The van der Waals surface area contributed by atoms with Gasteiger partial charge in [0.2, 0.25) is 5.91 Å². The summed E-state index contributed by atoms with van der Waals surface area (Å²) in [7, 11) is 0. The van der Waals surface area contributed by atoms with E-state index in [1.165, 1.54) is 11.3 Å². The van der Waals surface area contributed by atoms with Crippen LogP contribution in [0.2, 0.25) is 0 Å². The lowest BCUT2D eigenvalue weighted by molar-refractivity contribution is -0.116. The highest BCUT2D eigenvalue weighted by Crippen LogP contribution is 2.09. The Labute approximate surface area is 87.7 Å². The first-order valence-electron chi connectivity index (χ1n) is 4.73. The molecule has 4 nitrogen and oxygen atoms in total. The minimum absolute atomic E-state index is 0.0172. The molecule has 1 heterocycles. The number of carbonyl (C=O) groups excluding carboxylic acids is 1. The van der Waals surface area contributed by atoms with Crippen LogP contribution >= 0.6 is 11.3 Å². The zero-order valence-corrected chi connectivity index (χ0v) is 9.06. The van der Waals surface area contributed by atoms with E-state index in [1.807, 2.05) is 5.38 Å². The smallest absolute Gasteiger partial charge is 0.227 e. The van der Waals surface area contributed by atoms with Crippen molar-refractivity contribution in [2.45, 2.75) is 19.8 Å². The predicted molar refractivity (Wildman–Crippen MR) is 58.5 cm³/mol. The van der Waals surface area contributed by atoms with Crippen molar-refractivity contribution in [2.75, 3.05) is 18.4 Å². The van der Waals surface area contributed by atoms with Gasteiger partial charge in [-0.2, -0.15) is 0 Å². The molecule has 0 aromatic carbocycles. The van der Waals surface area contributed by atoms with Gasteiger partial charge in [-0.3, -0.25) is 4.79 Å². The maximum atomic E-state index is 11.3. The van der Waals surface area contributed by atoms with E-state index in [2.05, 4.69) is 22.5 Å². The molecular weight excluding hydrogens is 198 g/mol. The molecule has 0 aliphatic carbocycles. The Bertz CT molecular complexity index is 261. The topological polar surface area (TPSA) is 54.0 Å². The summed E-state index contributed by atoms with van der Waals surface area (Å²) in [6.07, 6.45) is 3.27. The Hall–Kier alpha value is -0.940. The normalized spacial score (nSPS) is 10.1. The molecule has 0 aliphatic heterocycles. The van der Waals surface area contributed by atoms with Crippen molar-refractivity contribution in [1.29, 1.82) is 0 Å². The Morgan fingerprint density at radius 2 is 2.43 bits per heavy atom. The van der Waals surface area contributed by atoms with Crippen molar-refractivity contribution in [2.24, 2.45) is 0 Å². The van der Waals surface area contributed by atoms with Gasteiger partial charge in [-0.1, -0.05) is 6.92 Å². The first kappa shape index (κ1) is 11.1. The molecular formula is C9H15N3OS. The molecule has 14 heavy (non-hydrogen) atoms. The summed E-state index contributed by atoms with van der Waals surface area (Å²) >= 11 is 1.43. The molecule has 1 aromatic rings. The standard InChI is InChI=1S/C9H15N3OS/c1-2-4-10-5-3-8(13)12-9-11-6-7-14-9/h6-7,10H,2-5H2,1H3,(H,11,12,13). The number of nitrogens with one attached hydrogen (secondary N) is 2. The van der Waals surface area contributed by atoms with E-state index in [-0.39, 0.29) is 5.91 Å². The Balaban J connectivity index is 2.11. The van der Waals surface area contributed by atoms with Gasteiger partial charge >= 0.3 is 0 Å². The number of hydrogen-bond donors (Lipinski definition) is 2. The van der Waals surface area contributed by atoms with Crippen molar-refractivity contribution >= 4 is 22.4 Å². The second-order valence-electron chi connectivity index (χ2n) is 2.89. The molecule has 2 N–H and O–H groups in total. The maximum Gasteiger partial charge on any atom is 0.227 e. The quantitative estimate of drug-likeness (QED) is 0.704. The summed E-state index contributed by atoms with van der Waals surface area (Å²) < 4.78 is 0. The van der Waals surface area contributed by atoms with E-state index in [0.717, 1.165) is 19.5 Å². The van der Waals surface area contributed by atoms with Crippen LogP contribution in [0.5, 0.6) is 0 Å². The molecule has 0 fully saturated rings. The lowest BCUT2D eigenvalue weighted by atomic mass is 10.4. The van der Waals surface area contributed by atoms with Gasteiger partial charge < -0.3 is 10.6 Å². The summed E-state index contributed by atoms with van der Waals surface area (Å²) in [6, 6.07) is 0. The fourth-order valence-electron chi connectivity index (χ4n) is 0.971. The second kappa shape index (κ2) is 6.50. The van der Waals surface area contributed by atoms with Gasteiger partial charge in [0.25, 0.3) is 0 Å². The highest BCUT2D eigenvalue weighted by atomic mass is 32.1. The molecule has 0 aliphatic rings. The molecule has 78 valence electrons. The van der Waals surface area contributed by atoms with Crippen molar-refractivity contribution in [3.63, 3.8) is 0 Å². The summed E-state index contributed by atoms with van der Waals surface area (Å²) in [4.78, 5) is 15.3. The van der Waals surface area contributed by atoms with Crippen LogP contribution in [-0.4, -0.2) is 24.0 Å². The average molecular weight is 213 g/mol. The van der Waals surface area contributed by atoms with Crippen LogP contribution in [-0.2, 0) is 4.79 Å². The summed E-state index contributed by atoms with van der Waals surface area (Å²) in [5.74, 6) is 0.0172. The predicted octanol–water partition coefficient (Wildman–Crippen LogP) is 1.47. The molecule has 0 atom stereocenters. The van der Waals surface area contributed by atoms with E-state index >= 15 is 0 Å². The number of rotatable bonds is 6. The number of carbonyl (C=O) groups is 1. The van der Waals surface area contributed by atoms with E-state index in [0.29, 0.717) is 11.6 Å². The zero-order chi connectivity index (χ0) is 10.2. The SMILES string of the molecule is CCCNCCC(=O)Nc1nccs1. The van der Waals surface area contributed by atoms with Gasteiger partial charge in [0.15, 0.2) is 5.13 Å². The summed E-state index contributed by atoms with van der Waals surface area (Å²) in [5.41, 5.74) is 0. The van der Waals surface area contributed by atoms with Gasteiger partial charge in [0.05, 0.1) is 0 Å². The van der Waals surface area contributed by atoms with E-state index in [9.17, 15) is 4.79 Å². The number of thiazole rings is 1. The first-order valence-corrected chi connectivity index (χ1v) is 5.61. The van der Waals surface area contributed by atoms with Gasteiger partial charge in [-0.15, -0.1) is 11.3 Å². The van der Waals surface area contributed by atoms with Crippen LogP contribution in [0.1, 0.15) is 19.8 Å². The Morgan fingerprint density at radius 3 is 3.07 bits per heavy atom. The van der Waals surface area contributed by atoms with Crippen LogP contribution in [0.15, 0.2) is 11.6 Å². The van der Waals surface area contributed by atoms with Crippen molar-refractivity contribution < 1.29 is 4.79 Å². The van der Waals surface area contributed by atoms with Crippen LogP contribution in [0, 0.1) is 0 Å². The number of anilines is 1. The zero-order valence-electron chi connectivity index (χ0n) is 8.25. The molecule has 1 amide bonds. The van der Waals surface area contributed by atoms with Gasteiger partial charge in [0.1, 0.15) is 0 Å². The van der Waals surface area contributed by atoms with Crippen molar-refractivity contribution in [1.82, 2.24) is 10.3 Å². The fourth-order valence-corrected chi connectivity index (χ4v) is 1.52. The third kappa shape index (κ3) is 4.34. The molecule has 0 saturated carbocycles. The number of amides is 1. The first-order chi connectivity index (χ1) is 6.83. The molecule has 0 radical (unpaired) electrons. The molecule has 1 aromatic heterocycles. The highest BCUT2D eigenvalue weighted by molar-refractivity contribution is 7.13. The second-order valence-corrected chi connectivity index (χ2v) is 3.78. The lowest BCUT2D eigenvalue weighted by Crippen LogP contribution is -2.22. The number of nitrogens with zero attached hydrogens (tertiary/aromatic N) is 1. The molecule has 5 heteroatoms. The number of hydrogen-bond acceptors (Lipinski definition) is 4. The molecule has 0 saturated heterocycles. The number of aromatic nitrogens is 1. The van der Waals surface area contributed by atoms with Gasteiger partial charge in [-0.25, -0.2) is 4.98 Å². The molecule has 0 unspecified atom stereocenters. The van der Waals surface area contributed by atoms with E-state index < -0.39 is 0 Å². The highest BCUT2D eigenvalue weighted by Gasteiger charge is 2.02. The largest absolute Gasteiger partial charge is 0.316 e. The monoisotopic (exact) mass is 213 g/mol. The molecule has 1 rings (SSSR count). The average Bonchev–Trinajstić information content (AvgIpc) is 2.65.